The van der Waals surface area contributed by atoms with E-state index in [0.717, 1.165) is 41.1 Å². The maximum atomic E-state index is 12.3. The number of amides is 1. The second kappa shape index (κ2) is 8.31. The van der Waals surface area contributed by atoms with Crippen molar-refractivity contribution in [2.24, 2.45) is 4.99 Å². The molecular formula is C16H20ClN3OS2. The number of halogens is 1. The number of carbonyl (C=O) groups excluding carboxylic acids is 1. The smallest absolute Gasteiger partial charge is 0.234 e. The Morgan fingerprint density at radius 2 is 2.17 bits per heavy atom. The van der Waals surface area contributed by atoms with Crippen LogP contribution >= 0.6 is 35.1 Å². The van der Waals surface area contributed by atoms with Crippen molar-refractivity contribution in [1.29, 1.82) is 0 Å². The molecule has 1 fully saturated rings. The van der Waals surface area contributed by atoms with Crippen LogP contribution in [0, 0.1) is 0 Å². The molecule has 0 atom stereocenters. The van der Waals surface area contributed by atoms with Crippen LogP contribution in [0.2, 0.25) is 5.02 Å². The molecule has 3 rings (SSSR count). The van der Waals surface area contributed by atoms with Crippen molar-refractivity contribution in [3.63, 3.8) is 0 Å². The number of carbonyl (C=O) groups is 1. The third-order valence-corrected chi connectivity index (χ3v) is 6.30. The molecule has 0 aliphatic carbocycles. The number of piperidine rings is 1. The highest BCUT2D eigenvalue weighted by Crippen LogP contribution is 2.31. The molecule has 0 saturated carbocycles. The summed E-state index contributed by atoms with van der Waals surface area (Å²) in [5.41, 5.74) is 1.88. The van der Waals surface area contributed by atoms with Crippen LogP contribution in [-0.4, -0.2) is 41.4 Å². The lowest BCUT2D eigenvalue weighted by Crippen LogP contribution is -2.30. The molecule has 0 unspecified atom stereocenters. The molecule has 0 spiro atoms. The van der Waals surface area contributed by atoms with Gasteiger partial charge in [-0.25, -0.2) is 0 Å². The van der Waals surface area contributed by atoms with E-state index in [1.165, 1.54) is 31.0 Å². The predicted molar refractivity (Wildman–Crippen MR) is 103 cm³/mol. The Labute approximate surface area is 150 Å². The van der Waals surface area contributed by atoms with Crippen molar-refractivity contribution < 1.29 is 4.79 Å². The van der Waals surface area contributed by atoms with Crippen molar-refractivity contribution >= 4 is 56.8 Å². The first-order valence-electron chi connectivity index (χ1n) is 7.87. The van der Waals surface area contributed by atoms with Gasteiger partial charge in [0.15, 0.2) is 0 Å². The monoisotopic (exact) mass is 369 g/mol. The molecule has 1 aromatic rings. The first-order valence-corrected chi connectivity index (χ1v) is 10.2. The van der Waals surface area contributed by atoms with E-state index in [0.29, 0.717) is 10.8 Å². The van der Waals surface area contributed by atoms with Crippen LogP contribution < -0.4 is 10.2 Å². The predicted octanol–water partition coefficient (Wildman–Crippen LogP) is 4.10. The summed E-state index contributed by atoms with van der Waals surface area (Å²) in [5.74, 6) is 1.40. The molecule has 2 aliphatic heterocycles. The van der Waals surface area contributed by atoms with E-state index in [4.69, 9.17) is 11.6 Å². The Bertz CT molecular complexity index is 603. The molecule has 0 radical (unpaired) electrons. The highest BCUT2D eigenvalue weighted by molar-refractivity contribution is 8.39. The van der Waals surface area contributed by atoms with Crippen LogP contribution in [-0.2, 0) is 4.79 Å². The van der Waals surface area contributed by atoms with E-state index in [1.54, 1.807) is 11.8 Å². The molecule has 0 bridgehead atoms. The molecule has 2 heterocycles. The Morgan fingerprint density at radius 3 is 2.91 bits per heavy atom. The summed E-state index contributed by atoms with van der Waals surface area (Å²) in [6, 6.07) is 5.74. The lowest BCUT2D eigenvalue weighted by Gasteiger charge is -2.30. The second-order valence-corrected chi connectivity index (χ2v) is 8.28. The van der Waals surface area contributed by atoms with Crippen molar-refractivity contribution in [2.45, 2.75) is 19.3 Å². The van der Waals surface area contributed by atoms with Crippen molar-refractivity contribution in [2.75, 3.05) is 41.4 Å². The summed E-state index contributed by atoms with van der Waals surface area (Å²) >= 11 is 9.36. The van der Waals surface area contributed by atoms with Gasteiger partial charge in [-0.1, -0.05) is 35.1 Å². The number of hydrogen-bond donors (Lipinski definition) is 1. The van der Waals surface area contributed by atoms with Gasteiger partial charge in [0.25, 0.3) is 0 Å². The maximum Gasteiger partial charge on any atom is 0.234 e. The van der Waals surface area contributed by atoms with Gasteiger partial charge < -0.3 is 10.2 Å². The zero-order valence-corrected chi connectivity index (χ0v) is 15.3. The molecule has 23 heavy (non-hydrogen) atoms. The SMILES string of the molecule is O=C(CSC1=NCCS1)Nc1cc(Cl)ccc1N1CCCCC1. The van der Waals surface area contributed by atoms with Crippen LogP contribution in [0.1, 0.15) is 19.3 Å². The van der Waals surface area contributed by atoms with Gasteiger partial charge >= 0.3 is 0 Å². The highest BCUT2D eigenvalue weighted by atomic mass is 35.5. The Morgan fingerprint density at radius 1 is 1.35 bits per heavy atom. The summed E-state index contributed by atoms with van der Waals surface area (Å²) < 4.78 is 1.02. The maximum absolute atomic E-state index is 12.3. The number of thioether (sulfide) groups is 2. The number of anilines is 2. The van der Waals surface area contributed by atoms with Crippen LogP contribution in [0.3, 0.4) is 0 Å². The molecule has 124 valence electrons. The number of benzene rings is 1. The van der Waals surface area contributed by atoms with Gasteiger partial charge in [-0.3, -0.25) is 9.79 Å². The third-order valence-electron chi connectivity index (χ3n) is 3.81. The average Bonchev–Trinajstić information content (AvgIpc) is 3.07. The van der Waals surface area contributed by atoms with E-state index < -0.39 is 0 Å². The van der Waals surface area contributed by atoms with E-state index in [9.17, 15) is 4.79 Å². The summed E-state index contributed by atoms with van der Waals surface area (Å²) in [6.07, 6.45) is 3.67. The summed E-state index contributed by atoms with van der Waals surface area (Å²) in [7, 11) is 0. The van der Waals surface area contributed by atoms with Gasteiger partial charge in [0.05, 0.1) is 23.7 Å². The Kier molecular flexibility index (Phi) is 6.14. The minimum atomic E-state index is -0.00859. The fourth-order valence-electron chi connectivity index (χ4n) is 2.74. The van der Waals surface area contributed by atoms with Gasteiger partial charge in [0.2, 0.25) is 5.91 Å². The Balaban J connectivity index is 1.65. The molecule has 1 aromatic carbocycles. The zero-order valence-electron chi connectivity index (χ0n) is 12.9. The quantitative estimate of drug-likeness (QED) is 0.867. The fourth-order valence-corrected chi connectivity index (χ4v) is 4.72. The largest absolute Gasteiger partial charge is 0.370 e. The molecule has 4 nitrogen and oxygen atoms in total. The van der Waals surface area contributed by atoms with Gasteiger partial charge in [0.1, 0.15) is 4.38 Å². The van der Waals surface area contributed by atoms with E-state index in [-0.39, 0.29) is 5.91 Å². The number of rotatable bonds is 4. The lowest BCUT2D eigenvalue weighted by atomic mass is 10.1. The summed E-state index contributed by atoms with van der Waals surface area (Å²) in [5, 5.41) is 3.67. The van der Waals surface area contributed by atoms with Gasteiger partial charge in [-0.2, -0.15) is 0 Å². The molecule has 2 aliphatic rings. The number of aliphatic imine (C=N–C) groups is 1. The van der Waals surface area contributed by atoms with Gasteiger partial charge in [-0.05, 0) is 37.5 Å². The second-order valence-electron chi connectivity index (χ2n) is 5.54. The van der Waals surface area contributed by atoms with Crippen molar-refractivity contribution in [3.05, 3.63) is 23.2 Å². The van der Waals surface area contributed by atoms with Crippen LogP contribution in [0.25, 0.3) is 0 Å². The minimum Gasteiger partial charge on any atom is -0.370 e. The van der Waals surface area contributed by atoms with Gasteiger partial charge in [0, 0.05) is 23.9 Å². The molecule has 1 amide bonds. The third kappa shape index (κ3) is 4.81. The van der Waals surface area contributed by atoms with Crippen molar-refractivity contribution in [1.82, 2.24) is 0 Å². The van der Waals surface area contributed by atoms with Crippen molar-refractivity contribution in [3.8, 4) is 0 Å². The van der Waals surface area contributed by atoms with E-state index in [1.807, 2.05) is 18.2 Å². The summed E-state index contributed by atoms with van der Waals surface area (Å²) in [4.78, 5) is 18.9. The Hall–Kier alpha value is -0.850. The summed E-state index contributed by atoms with van der Waals surface area (Å²) in [6.45, 7) is 2.93. The molecular weight excluding hydrogens is 350 g/mol. The zero-order chi connectivity index (χ0) is 16.1. The fraction of sp³-hybridized carbons (Fsp3) is 0.500. The van der Waals surface area contributed by atoms with E-state index in [2.05, 4.69) is 15.2 Å². The average molecular weight is 370 g/mol. The highest BCUT2D eigenvalue weighted by Gasteiger charge is 2.17. The standard InChI is InChI=1S/C16H20ClN3OS2/c17-12-4-5-14(20-7-2-1-3-8-20)13(10-12)19-15(21)11-23-16-18-6-9-22-16/h4-5,10H,1-3,6-9,11H2,(H,19,21). The first-order chi connectivity index (χ1) is 11.2. The van der Waals surface area contributed by atoms with Crippen LogP contribution in [0.4, 0.5) is 11.4 Å². The minimum absolute atomic E-state index is 0.00859. The van der Waals surface area contributed by atoms with Gasteiger partial charge in [-0.15, -0.1) is 0 Å². The molecule has 1 saturated heterocycles. The van der Waals surface area contributed by atoms with Crippen LogP contribution in [0.15, 0.2) is 23.2 Å². The number of nitrogens with zero attached hydrogens (tertiary/aromatic N) is 2. The molecule has 7 heteroatoms. The normalized spacial score (nSPS) is 18.0. The number of nitrogens with one attached hydrogen (secondary N) is 1. The van der Waals surface area contributed by atoms with E-state index >= 15 is 0 Å². The topological polar surface area (TPSA) is 44.7 Å². The van der Waals surface area contributed by atoms with Crippen LogP contribution in [0.5, 0.6) is 0 Å². The lowest BCUT2D eigenvalue weighted by molar-refractivity contribution is -0.113. The number of hydrogen-bond acceptors (Lipinski definition) is 5. The molecule has 0 aromatic heterocycles. The molecule has 1 N–H and O–H groups in total. The first kappa shape index (κ1) is 17.0.